The summed E-state index contributed by atoms with van der Waals surface area (Å²) in [6.07, 6.45) is 1.70. The standard InChI is InChI=1S/C36H44N6O4S/c1-41(2)23-11-17-31(43)39-35-27(37)19-21-29(33(35)25-13-7-5-8-14-25)47(45,46)30-22-20-28(38)36(34(30)26-15-9-6-10-16-26)40-32(44)18-12-24-42(3)4/h5-10,13-16,19-22H,11-12,17-18,23-24,37-38H2,1-4H3,(H,39,43)(H,40,44). The Morgan fingerprint density at radius 3 is 1.30 bits per heavy atom. The SMILES string of the molecule is CN(C)CCCC(=O)Nc1c(N)ccc(S(=O)(=O)c2ccc(N)c(NC(=O)CCCN(C)C)c2-c2ccccc2)c1-c1ccccc1. The van der Waals surface area contributed by atoms with Crippen molar-refractivity contribution in [3.63, 3.8) is 0 Å². The quantitative estimate of drug-likeness (QED) is 0.129. The zero-order chi connectivity index (χ0) is 34.1. The molecule has 0 atom stereocenters. The Hall–Kier alpha value is -4.71. The third-order valence-electron chi connectivity index (χ3n) is 7.65. The molecule has 0 fully saturated rings. The van der Waals surface area contributed by atoms with Crippen molar-refractivity contribution in [3.05, 3.63) is 84.9 Å². The van der Waals surface area contributed by atoms with Crippen LogP contribution in [-0.4, -0.2) is 71.3 Å². The summed E-state index contributed by atoms with van der Waals surface area (Å²) in [5, 5.41) is 5.82. The fourth-order valence-corrected chi connectivity index (χ4v) is 7.04. The van der Waals surface area contributed by atoms with Gasteiger partial charge in [-0.25, -0.2) is 8.42 Å². The second-order valence-electron chi connectivity index (χ2n) is 12.0. The van der Waals surface area contributed by atoms with E-state index in [0.717, 1.165) is 13.1 Å². The van der Waals surface area contributed by atoms with Crippen LogP contribution in [0.15, 0.2) is 94.7 Å². The number of benzene rings is 4. The summed E-state index contributed by atoms with van der Waals surface area (Å²) in [5.74, 6) is -0.552. The maximum absolute atomic E-state index is 14.9. The van der Waals surface area contributed by atoms with E-state index in [1.165, 1.54) is 24.3 Å². The van der Waals surface area contributed by atoms with E-state index in [4.69, 9.17) is 11.5 Å². The minimum atomic E-state index is -4.33. The first kappa shape index (κ1) is 35.1. The molecule has 0 aliphatic heterocycles. The number of hydrogen-bond donors (Lipinski definition) is 4. The molecule has 0 saturated heterocycles. The van der Waals surface area contributed by atoms with Gasteiger partial charge in [-0.1, -0.05) is 60.7 Å². The summed E-state index contributed by atoms with van der Waals surface area (Å²) >= 11 is 0. The molecule has 10 nitrogen and oxygen atoms in total. The van der Waals surface area contributed by atoms with Crippen LogP contribution in [0, 0.1) is 0 Å². The van der Waals surface area contributed by atoms with Crippen LogP contribution in [0.3, 0.4) is 0 Å². The fraction of sp³-hybridized carbons (Fsp3) is 0.278. The van der Waals surface area contributed by atoms with Gasteiger partial charge in [-0.15, -0.1) is 0 Å². The van der Waals surface area contributed by atoms with Crippen molar-refractivity contribution in [2.24, 2.45) is 0 Å². The van der Waals surface area contributed by atoms with Crippen LogP contribution in [0.4, 0.5) is 22.7 Å². The van der Waals surface area contributed by atoms with Gasteiger partial charge in [0.05, 0.1) is 32.5 Å². The summed E-state index contributed by atoms with van der Waals surface area (Å²) in [5.41, 5.74) is 15.4. The molecule has 0 radical (unpaired) electrons. The van der Waals surface area contributed by atoms with Gasteiger partial charge in [-0.05, 0) is 89.5 Å². The summed E-state index contributed by atoms with van der Waals surface area (Å²) in [6, 6.07) is 23.8. The summed E-state index contributed by atoms with van der Waals surface area (Å²) < 4.78 is 29.8. The second kappa shape index (κ2) is 15.7. The average molecular weight is 657 g/mol. The highest BCUT2D eigenvalue weighted by molar-refractivity contribution is 7.91. The van der Waals surface area contributed by atoms with Crippen LogP contribution < -0.4 is 22.1 Å². The second-order valence-corrected chi connectivity index (χ2v) is 13.8. The number of rotatable bonds is 14. The molecule has 0 saturated carbocycles. The number of amides is 2. The smallest absolute Gasteiger partial charge is 0.224 e. The highest BCUT2D eigenvalue weighted by atomic mass is 32.2. The Bertz CT molecular complexity index is 1680. The van der Waals surface area contributed by atoms with E-state index < -0.39 is 9.84 Å². The lowest BCUT2D eigenvalue weighted by Crippen LogP contribution is -2.19. The van der Waals surface area contributed by atoms with Gasteiger partial charge < -0.3 is 31.9 Å². The monoisotopic (exact) mass is 656 g/mol. The van der Waals surface area contributed by atoms with Crippen LogP contribution >= 0.6 is 0 Å². The van der Waals surface area contributed by atoms with Gasteiger partial charge >= 0.3 is 0 Å². The van der Waals surface area contributed by atoms with Crippen molar-refractivity contribution < 1.29 is 18.0 Å². The lowest BCUT2D eigenvalue weighted by atomic mass is 10.0. The Morgan fingerprint density at radius 1 is 0.596 bits per heavy atom. The molecule has 2 amide bonds. The van der Waals surface area contributed by atoms with E-state index in [1.807, 2.05) is 50.1 Å². The zero-order valence-electron chi connectivity index (χ0n) is 27.4. The van der Waals surface area contributed by atoms with Crippen molar-refractivity contribution in [2.75, 3.05) is 63.4 Å². The van der Waals surface area contributed by atoms with E-state index in [-0.39, 0.29) is 68.3 Å². The molecule has 11 heteroatoms. The molecule has 47 heavy (non-hydrogen) atoms. The van der Waals surface area contributed by atoms with Crippen molar-refractivity contribution in [2.45, 2.75) is 35.5 Å². The van der Waals surface area contributed by atoms with Gasteiger partial charge in [0, 0.05) is 24.0 Å². The molecule has 4 aromatic carbocycles. The van der Waals surface area contributed by atoms with Crippen LogP contribution in [0.2, 0.25) is 0 Å². The third-order valence-corrected chi connectivity index (χ3v) is 9.49. The third kappa shape index (κ3) is 8.76. The first-order valence-corrected chi connectivity index (χ1v) is 17.0. The van der Waals surface area contributed by atoms with E-state index in [9.17, 15) is 18.0 Å². The van der Waals surface area contributed by atoms with Crippen molar-refractivity contribution in [1.29, 1.82) is 0 Å². The number of anilines is 4. The van der Waals surface area contributed by atoms with Crippen LogP contribution in [-0.2, 0) is 19.4 Å². The van der Waals surface area contributed by atoms with Gasteiger partial charge in [-0.3, -0.25) is 9.59 Å². The zero-order valence-corrected chi connectivity index (χ0v) is 28.2. The first-order valence-electron chi connectivity index (χ1n) is 15.5. The average Bonchev–Trinajstić information content (AvgIpc) is 3.03. The maximum atomic E-state index is 14.9. The predicted octanol–water partition coefficient (Wildman–Crippen LogP) is 5.58. The molecule has 0 bridgehead atoms. The van der Waals surface area contributed by atoms with Gasteiger partial charge in [0.25, 0.3) is 0 Å². The molecular formula is C36H44N6O4S. The molecule has 4 aromatic rings. The molecular weight excluding hydrogens is 613 g/mol. The largest absolute Gasteiger partial charge is 0.397 e. The molecule has 0 unspecified atom stereocenters. The van der Waals surface area contributed by atoms with E-state index >= 15 is 0 Å². The van der Waals surface area contributed by atoms with E-state index in [1.54, 1.807) is 48.5 Å². The van der Waals surface area contributed by atoms with E-state index in [0.29, 0.717) is 24.0 Å². The van der Waals surface area contributed by atoms with Crippen molar-refractivity contribution in [3.8, 4) is 22.3 Å². The Kier molecular flexibility index (Phi) is 11.8. The van der Waals surface area contributed by atoms with Crippen LogP contribution in [0.1, 0.15) is 25.7 Å². The van der Waals surface area contributed by atoms with Gasteiger partial charge in [-0.2, -0.15) is 0 Å². The van der Waals surface area contributed by atoms with Gasteiger partial charge in [0.1, 0.15) is 0 Å². The number of nitrogens with one attached hydrogen (secondary N) is 2. The number of hydrogen-bond acceptors (Lipinski definition) is 8. The molecule has 0 aliphatic rings. The predicted molar refractivity (Wildman–Crippen MR) is 191 cm³/mol. The fourth-order valence-electron chi connectivity index (χ4n) is 5.33. The number of nitrogen functional groups attached to an aromatic ring is 2. The highest BCUT2D eigenvalue weighted by Crippen LogP contribution is 2.45. The maximum Gasteiger partial charge on any atom is 0.224 e. The van der Waals surface area contributed by atoms with Crippen molar-refractivity contribution >= 4 is 44.4 Å². The van der Waals surface area contributed by atoms with Crippen LogP contribution in [0.25, 0.3) is 22.3 Å². The lowest BCUT2D eigenvalue weighted by molar-refractivity contribution is -0.117. The van der Waals surface area contributed by atoms with Crippen LogP contribution in [0.5, 0.6) is 0 Å². The minimum Gasteiger partial charge on any atom is -0.397 e. The number of carbonyl (C=O) groups excluding carboxylic acids is 2. The highest BCUT2D eigenvalue weighted by Gasteiger charge is 2.31. The number of carbonyl (C=O) groups is 2. The molecule has 0 heterocycles. The minimum absolute atomic E-state index is 0.0493. The lowest BCUT2D eigenvalue weighted by Gasteiger charge is -2.22. The molecule has 4 rings (SSSR count). The topological polar surface area (TPSA) is 151 Å². The number of nitrogens with zero attached hydrogens (tertiary/aromatic N) is 2. The van der Waals surface area contributed by atoms with Gasteiger partial charge in [0.15, 0.2) is 0 Å². The molecule has 0 aliphatic carbocycles. The molecule has 6 N–H and O–H groups in total. The normalized spacial score (nSPS) is 11.5. The number of sulfone groups is 1. The summed E-state index contributed by atoms with van der Waals surface area (Å²) in [7, 11) is 3.39. The van der Waals surface area contributed by atoms with E-state index in [2.05, 4.69) is 10.6 Å². The first-order chi connectivity index (χ1) is 22.4. The summed E-state index contributed by atoms with van der Waals surface area (Å²) in [4.78, 5) is 30.1. The summed E-state index contributed by atoms with van der Waals surface area (Å²) in [6.45, 7) is 1.44. The van der Waals surface area contributed by atoms with Crippen molar-refractivity contribution in [1.82, 2.24) is 9.80 Å². The Morgan fingerprint density at radius 2 is 0.957 bits per heavy atom. The molecule has 0 spiro atoms. The molecule has 248 valence electrons. The number of nitrogens with two attached hydrogens (primary N) is 2. The Labute approximate surface area is 277 Å². The Balaban J connectivity index is 1.90. The van der Waals surface area contributed by atoms with Gasteiger partial charge in [0.2, 0.25) is 21.7 Å². The molecule has 0 aromatic heterocycles.